The summed E-state index contributed by atoms with van der Waals surface area (Å²) in [5.74, 6) is -0.115. The van der Waals surface area contributed by atoms with Crippen LogP contribution in [-0.4, -0.2) is 18.6 Å². The molecule has 0 heterocycles. The number of amides is 1. The SMILES string of the molecule is Cl.NCC1(CC(=O)Nc2cccc(CCC(F)(F)F)c2)CCCCC1. The molecule has 7 heteroatoms. The van der Waals surface area contributed by atoms with Crippen molar-refractivity contribution in [3.63, 3.8) is 0 Å². The van der Waals surface area contributed by atoms with E-state index in [9.17, 15) is 18.0 Å². The minimum Gasteiger partial charge on any atom is -0.330 e. The second kappa shape index (κ2) is 9.43. The van der Waals surface area contributed by atoms with E-state index >= 15 is 0 Å². The maximum Gasteiger partial charge on any atom is 0.389 e. The summed E-state index contributed by atoms with van der Waals surface area (Å²) in [6, 6.07) is 6.62. The highest BCUT2D eigenvalue weighted by Crippen LogP contribution is 2.38. The van der Waals surface area contributed by atoms with Crippen molar-refractivity contribution in [2.45, 2.75) is 57.5 Å². The number of carbonyl (C=O) groups excluding carboxylic acids is 1. The maximum atomic E-state index is 12.3. The molecule has 142 valence electrons. The summed E-state index contributed by atoms with van der Waals surface area (Å²) in [7, 11) is 0. The molecule has 0 saturated heterocycles. The van der Waals surface area contributed by atoms with Crippen molar-refractivity contribution >= 4 is 24.0 Å². The molecule has 0 bridgehead atoms. The van der Waals surface area contributed by atoms with Crippen molar-refractivity contribution in [3.05, 3.63) is 29.8 Å². The molecule has 0 radical (unpaired) electrons. The molecule has 2 rings (SSSR count). The lowest BCUT2D eigenvalue weighted by molar-refractivity contribution is -0.134. The van der Waals surface area contributed by atoms with E-state index in [0.717, 1.165) is 25.7 Å². The first-order chi connectivity index (χ1) is 11.3. The number of carbonyl (C=O) groups is 1. The topological polar surface area (TPSA) is 55.1 Å². The van der Waals surface area contributed by atoms with Gasteiger partial charge in [-0.1, -0.05) is 31.4 Å². The molecule has 0 aromatic heterocycles. The number of aryl methyl sites for hydroxylation is 1. The van der Waals surface area contributed by atoms with Crippen molar-refractivity contribution in [2.75, 3.05) is 11.9 Å². The molecule has 3 N–H and O–H groups in total. The molecule has 3 nitrogen and oxygen atoms in total. The van der Waals surface area contributed by atoms with E-state index in [1.807, 2.05) is 0 Å². The predicted octanol–water partition coefficient (Wildman–Crippen LogP) is 4.84. The highest BCUT2D eigenvalue weighted by atomic mass is 35.5. The number of hydrogen-bond acceptors (Lipinski definition) is 2. The largest absolute Gasteiger partial charge is 0.389 e. The van der Waals surface area contributed by atoms with Gasteiger partial charge in [0.25, 0.3) is 0 Å². The van der Waals surface area contributed by atoms with Gasteiger partial charge in [0.05, 0.1) is 0 Å². The molecule has 0 spiro atoms. The summed E-state index contributed by atoms with van der Waals surface area (Å²) in [4.78, 5) is 12.3. The first-order valence-corrected chi connectivity index (χ1v) is 8.48. The van der Waals surface area contributed by atoms with Crippen LogP contribution in [0.5, 0.6) is 0 Å². The van der Waals surface area contributed by atoms with Crippen molar-refractivity contribution in [2.24, 2.45) is 11.1 Å². The monoisotopic (exact) mass is 378 g/mol. The summed E-state index contributed by atoms with van der Waals surface area (Å²) in [5.41, 5.74) is 6.88. The average Bonchev–Trinajstić information content (AvgIpc) is 2.53. The minimum absolute atomic E-state index is 0. The summed E-state index contributed by atoms with van der Waals surface area (Å²) in [6.07, 6.45) is 0.551. The Kier molecular flexibility index (Phi) is 8.22. The van der Waals surface area contributed by atoms with E-state index in [0.29, 0.717) is 24.2 Å². The van der Waals surface area contributed by atoms with Gasteiger partial charge in [0, 0.05) is 18.5 Å². The van der Waals surface area contributed by atoms with Crippen LogP contribution in [0.4, 0.5) is 18.9 Å². The van der Waals surface area contributed by atoms with Crippen LogP contribution in [0.2, 0.25) is 0 Å². The van der Waals surface area contributed by atoms with Gasteiger partial charge >= 0.3 is 6.18 Å². The minimum atomic E-state index is -4.17. The average molecular weight is 379 g/mol. The predicted molar refractivity (Wildman–Crippen MR) is 95.9 cm³/mol. The fourth-order valence-electron chi connectivity index (χ4n) is 3.39. The first-order valence-electron chi connectivity index (χ1n) is 8.48. The zero-order chi connectivity index (χ0) is 17.6. The summed E-state index contributed by atoms with van der Waals surface area (Å²) < 4.78 is 36.9. The van der Waals surface area contributed by atoms with Gasteiger partial charge < -0.3 is 11.1 Å². The Balaban J connectivity index is 0.00000312. The lowest BCUT2D eigenvalue weighted by atomic mass is 9.71. The molecular weight excluding hydrogens is 353 g/mol. The van der Waals surface area contributed by atoms with Gasteiger partial charge in [-0.25, -0.2) is 0 Å². The van der Waals surface area contributed by atoms with Gasteiger partial charge in [0.15, 0.2) is 0 Å². The molecule has 0 aliphatic heterocycles. The molecule has 1 amide bonds. The van der Waals surface area contributed by atoms with Crippen LogP contribution in [0.25, 0.3) is 0 Å². The number of alkyl halides is 3. The first kappa shape index (κ1) is 21.8. The fourth-order valence-corrected chi connectivity index (χ4v) is 3.39. The standard InChI is InChI=1S/C18H25F3N2O.ClH/c19-18(20,21)10-7-14-5-4-6-15(11-14)23-16(24)12-17(13-22)8-2-1-3-9-17;/h4-6,11H,1-3,7-10,12-13,22H2,(H,23,24);1H. The lowest BCUT2D eigenvalue weighted by Gasteiger charge is -2.35. The Labute approximate surface area is 153 Å². The summed E-state index contributed by atoms with van der Waals surface area (Å²) in [5, 5.41) is 2.81. The van der Waals surface area contributed by atoms with E-state index in [2.05, 4.69) is 5.32 Å². The number of anilines is 1. The fraction of sp³-hybridized carbons (Fsp3) is 0.611. The zero-order valence-electron chi connectivity index (χ0n) is 14.2. The molecule has 1 fully saturated rings. The Hall–Kier alpha value is -1.27. The molecule has 1 aromatic rings. The molecule has 1 saturated carbocycles. The number of rotatable bonds is 6. The quantitative estimate of drug-likeness (QED) is 0.744. The molecule has 25 heavy (non-hydrogen) atoms. The number of benzene rings is 1. The van der Waals surface area contributed by atoms with E-state index in [4.69, 9.17) is 5.73 Å². The molecule has 1 aliphatic carbocycles. The van der Waals surface area contributed by atoms with E-state index in [-0.39, 0.29) is 30.2 Å². The molecular formula is C18H26ClF3N2O. The Morgan fingerprint density at radius 1 is 1.20 bits per heavy atom. The van der Waals surface area contributed by atoms with Crippen LogP contribution in [0.1, 0.15) is 50.5 Å². The van der Waals surface area contributed by atoms with Crippen molar-refractivity contribution in [1.29, 1.82) is 0 Å². The van der Waals surface area contributed by atoms with Crippen molar-refractivity contribution in [1.82, 2.24) is 0 Å². The van der Waals surface area contributed by atoms with Gasteiger partial charge in [-0.05, 0) is 48.9 Å². The van der Waals surface area contributed by atoms with Gasteiger partial charge in [-0.3, -0.25) is 4.79 Å². The highest BCUT2D eigenvalue weighted by Gasteiger charge is 2.33. The van der Waals surface area contributed by atoms with Crippen LogP contribution in [0.3, 0.4) is 0 Å². The van der Waals surface area contributed by atoms with Crippen LogP contribution in [0.15, 0.2) is 24.3 Å². The van der Waals surface area contributed by atoms with Crippen LogP contribution >= 0.6 is 12.4 Å². The highest BCUT2D eigenvalue weighted by molar-refractivity contribution is 5.91. The molecule has 1 aromatic carbocycles. The maximum absolute atomic E-state index is 12.3. The smallest absolute Gasteiger partial charge is 0.330 e. The third kappa shape index (κ3) is 7.24. The molecule has 1 aliphatic rings. The van der Waals surface area contributed by atoms with Gasteiger partial charge in [-0.2, -0.15) is 13.2 Å². The third-order valence-corrected chi connectivity index (χ3v) is 4.79. The van der Waals surface area contributed by atoms with E-state index in [1.54, 1.807) is 24.3 Å². The number of nitrogens with one attached hydrogen (secondary N) is 1. The van der Waals surface area contributed by atoms with E-state index < -0.39 is 12.6 Å². The van der Waals surface area contributed by atoms with Crippen LogP contribution in [-0.2, 0) is 11.2 Å². The Morgan fingerprint density at radius 3 is 2.48 bits per heavy atom. The summed E-state index contributed by atoms with van der Waals surface area (Å²) in [6.45, 7) is 0.492. The van der Waals surface area contributed by atoms with Crippen LogP contribution < -0.4 is 11.1 Å². The molecule has 0 unspecified atom stereocenters. The third-order valence-electron chi connectivity index (χ3n) is 4.79. The van der Waals surface area contributed by atoms with Gasteiger partial charge in [-0.15, -0.1) is 12.4 Å². The normalized spacial score (nSPS) is 16.8. The Morgan fingerprint density at radius 2 is 1.88 bits per heavy atom. The van der Waals surface area contributed by atoms with Gasteiger partial charge in [0.1, 0.15) is 0 Å². The second-order valence-electron chi connectivity index (χ2n) is 6.81. The number of hydrogen-bond donors (Lipinski definition) is 2. The number of nitrogens with two attached hydrogens (primary N) is 1. The zero-order valence-corrected chi connectivity index (χ0v) is 15.0. The molecule has 0 atom stereocenters. The summed E-state index contributed by atoms with van der Waals surface area (Å²) >= 11 is 0. The van der Waals surface area contributed by atoms with Crippen molar-refractivity contribution in [3.8, 4) is 0 Å². The van der Waals surface area contributed by atoms with Crippen LogP contribution in [0, 0.1) is 5.41 Å². The second-order valence-corrected chi connectivity index (χ2v) is 6.81. The van der Waals surface area contributed by atoms with Crippen molar-refractivity contribution < 1.29 is 18.0 Å². The Bertz CT molecular complexity index is 557. The number of halogens is 4. The van der Waals surface area contributed by atoms with Gasteiger partial charge in [0.2, 0.25) is 5.91 Å². The van der Waals surface area contributed by atoms with E-state index in [1.165, 1.54) is 6.42 Å². The lowest BCUT2D eigenvalue weighted by Crippen LogP contribution is -2.36.